The first-order valence-electron chi connectivity index (χ1n) is 7.60. The molecule has 1 fully saturated rings. The number of aromatic nitrogens is 2. The Hall–Kier alpha value is -1.12. The number of nitrogens with two attached hydrogens (primary N) is 1. The van der Waals surface area contributed by atoms with Crippen LogP contribution in [0, 0.1) is 6.92 Å². The molecular formula is C14H25N5O2S. The third-order valence-electron chi connectivity index (χ3n) is 4.02. The average molecular weight is 327 g/mol. The smallest absolute Gasteiger partial charge is 0.243 e. The Kier molecular flexibility index (Phi) is 6.22. The number of amides is 1. The lowest BCUT2D eigenvalue weighted by Crippen LogP contribution is -2.53. The summed E-state index contributed by atoms with van der Waals surface area (Å²) < 4.78 is 5.23. The Labute approximate surface area is 135 Å². The second-order valence-electron chi connectivity index (χ2n) is 5.61. The molecule has 1 amide bonds. The van der Waals surface area contributed by atoms with Crippen LogP contribution >= 0.6 is 11.8 Å². The Balaban J connectivity index is 1.83. The number of carbonyl (C=O) groups is 1. The molecule has 7 nitrogen and oxygen atoms in total. The highest BCUT2D eigenvalue weighted by Crippen LogP contribution is 2.20. The van der Waals surface area contributed by atoms with Crippen LogP contribution in [0.1, 0.15) is 31.1 Å². The van der Waals surface area contributed by atoms with Crippen LogP contribution < -0.4 is 5.73 Å². The van der Waals surface area contributed by atoms with Crippen molar-refractivity contribution in [2.45, 2.75) is 32.4 Å². The quantitative estimate of drug-likeness (QED) is 0.821. The minimum absolute atomic E-state index is 0.0648. The minimum Gasteiger partial charge on any atom is -0.339 e. The van der Waals surface area contributed by atoms with Gasteiger partial charge in [0.25, 0.3) is 0 Å². The molecule has 1 aliphatic rings. The van der Waals surface area contributed by atoms with E-state index in [1.807, 2.05) is 18.1 Å². The monoisotopic (exact) mass is 327 g/mol. The third kappa shape index (κ3) is 4.21. The van der Waals surface area contributed by atoms with E-state index in [9.17, 15) is 4.79 Å². The standard InChI is InChI=1S/C14H25N5O2S/c1-10(13-16-11(2)17-21-13)18-5-7-19(8-6-18)14(20)12(15)4-9-22-3/h10,12H,4-9,15H2,1-3H3/t10?,12-/m0/s1. The van der Waals surface area contributed by atoms with Gasteiger partial charge in [-0.15, -0.1) is 0 Å². The SMILES string of the molecule is CSCC[C@H](N)C(=O)N1CCN(C(C)c2nc(C)no2)CC1. The molecular weight excluding hydrogens is 302 g/mol. The maximum atomic E-state index is 12.3. The van der Waals surface area contributed by atoms with Crippen LogP contribution in [0.25, 0.3) is 0 Å². The average Bonchev–Trinajstić information content (AvgIpc) is 2.97. The number of nitrogens with zero attached hydrogens (tertiary/aromatic N) is 4. The largest absolute Gasteiger partial charge is 0.339 e. The van der Waals surface area contributed by atoms with Crippen molar-refractivity contribution in [3.63, 3.8) is 0 Å². The summed E-state index contributed by atoms with van der Waals surface area (Å²) in [4.78, 5) is 20.7. The summed E-state index contributed by atoms with van der Waals surface area (Å²) in [6.45, 7) is 6.85. The van der Waals surface area contributed by atoms with E-state index in [2.05, 4.69) is 22.0 Å². The Morgan fingerprint density at radius 2 is 2.09 bits per heavy atom. The van der Waals surface area contributed by atoms with Crippen LogP contribution in [-0.2, 0) is 4.79 Å². The summed E-state index contributed by atoms with van der Waals surface area (Å²) in [5, 5.41) is 3.83. The van der Waals surface area contributed by atoms with Gasteiger partial charge in [-0.1, -0.05) is 5.16 Å². The van der Waals surface area contributed by atoms with Gasteiger partial charge in [-0.2, -0.15) is 16.7 Å². The first-order chi connectivity index (χ1) is 10.5. The molecule has 0 bridgehead atoms. The molecule has 2 heterocycles. The van der Waals surface area contributed by atoms with Gasteiger partial charge in [0.05, 0.1) is 12.1 Å². The maximum Gasteiger partial charge on any atom is 0.243 e. The lowest BCUT2D eigenvalue weighted by Gasteiger charge is -2.37. The number of thioether (sulfide) groups is 1. The van der Waals surface area contributed by atoms with Gasteiger partial charge in [0.1, 0.15) is 0 Å². The van der Waals surface area contributed by atoms with Crippen LogP contribution in [0.3, 0.4) is 0 Å². The van der Waals surface area contributed by atoms with Gasteiger partial charge in [-0.3, -0.25) is 9.69 Å². The second kappa shape index (κ2) is 7.94. The van der Waals surface area contributed by atoms with Crippen molar-refractivity contribution < 1.29 is 9.32 Å². The molecule has 22 heavy (non-hydrogen) atoms. The molecule has 8 heteroatoms. The summed E-state index contributed by atoms with van der Waals surface area (Å²) in [5.74, 6) is 2.26. The Morgan fingerprint density at radius 1 is 1.41 bits per heavy atom. The summed E-state index contributed by atoms with van der Waals surface area (Å²) in [6, 6.07) is -0.307. The first-order valence-corrected chi connectivity index (χ1v) is 9.00. The van der Waals surface area contributed by atoms with Crippen molar-refractivity contribution in [3.8, 4) is 0 Å². The van der Waals surface area contributed by atoms with Crippen LogP contribution in [0.4, 0.5) is 0 Å². The summed E-state index contributed by atoms with van der Waals surface area (Å²) >= 11 is 1.72. The highest BCUT2D eigenvalue weighted by Gasteiger charge is 2.29. The number of carbonyl (C=O) groups excluding carboxylic acids is 1. The number of piperazine rings is 1. The van der Waals surface area contributed by atoms with E-state index >= 15 is 0 Å². The molecule has 0 radical (unpaired) electrons. The van der Waals surface area contributed by atoms with Crippen molar-refractivity contribution in [3.05, 3.63) is 11.7 Å². The molecule has 1 saturated heterocycles. The number of hydrogen-bond acceptors (Lipinski definition) is 7. The lowest BCUT2D eigenvalue weighted by atomic mass is 10.1. The third-order valence-corrected chi connectivity index (χ3v) is 4.67. The lowest BCUT2D eigenvalue weighted by molar-refractivity contribution is -0.134. The molecule has 124 valence electrons. The fraction of sp³-hybridized carbons (Fsp3) is 0.786. The fourth-order valence-electron chi connectivity index (χ4n) is 2.57. The molecule has 1 aromatic heterocycles. The first kappa shape index (κ1) is 17.2. The van der Waals surface area contributed by atoms with Crippen molar-refractivity contribution in [2.24, 2.45) is 5.73 Å². The van der Waals surface area contributed by atoms with E-state index in [4.69, 9.17) is 10.3 Å². The highest BCUT2D eigenvalue weighted by molar-refractivity contribution is 7.98. The zero-order valence-corrected chi connectivity index (χ0v) is 14.3. The highest BCUT2D eigenvalue weighted by atomic mass is 32.2. The molecule has 1 aliphatic heterocycles. The van der Waals surface area contributed by atoms with E-state index in [1.165, 1.54) is 0 Å². The Bertz CT molecular complexity index is 487. The van der Waals surface area contributed by atoms with E-state index in [0.717, 1.165) is 25.3 Å². The van der Waals surface area contributed by atoms with Gasteiger partial charge in [0.2, 0.25) is 11.8 Å². The topological polar surface area (TPSA) is 88.5 Å². The van der Waals surface area contributed by atoms with Crippen molar-refractivity contribution in [1.82, 2.24) is 19.9 Å². The van der Waals surface area contributed by atoms with Crippen LogP contribution in [0.5, 0.6) is 0 Å². The van der Waals surface area contributed by atoms with Gasteiger partial charge in [-0.25, -0.2) is 0 Å². The maximum absolute atomic E-state index is 12.3. The van der Waals surface area contributed by atoms with Gasteiger partial charge in [0.15, 0.2) is 5.82 Å². The zero-order valence-electron chi connectivity index (χ0n) is 13.5. The molecule has 0 saturated carbocycles. The van der Waals surface area contributed by atoms with Gasteiger partial charge < -0.3 is 15.2 Å². The molecule has 0 aromatic carbocycles. The molecule has 2 atom stereocenters. The molecule has 1 aromatic rings. The van der Waals surface area contributed by atoms with E-state index < -0.39 is 0 Å². The van der Waals surface area contributed by atoms with E-state index in [-0.39, 0.29) is 18.0 Å². The van der Waals surface area contributed by atoms with Gasteiger partial charge in [-0.05, 0) is 32.3 Å². The van der Waals surface area contributed by atoms with Crippen molar-refractivity contribution >= 4 is 17.7 Å². The summed E-state index contributed by atoms with van der Waals surface area (Å²) in [6.07, 6.45) is 2.76. The number of aryl methyl sites for hydroxylation is 1. The second-order valence-corrected chi connectivity index (χ2v) is 6.59. The van der Waals surface area contributed by atoms with E-state index in [1.54, 1.807) is 11.8 Å². The molecule has 1 unspecified atom stereocenters. The minimum atomic E-state index is -0.380. The van der Waals surface area contributed by atoms with E-state index in [0.29, 0.717) is 24.8 Å². The summed E-state index contributed by atoms with van der Waals surface area (Å²) in [7, 11) is 0. The molecule has 2 N–H and O–H groups in total. The van der Waals surface area contributed by atoms with Crippen molar-refractivity contribution in [2.75, 3.05) is 38.2 Å². The van der Waals surface area contributed by atoms with Gasteiger partial charge in [0, 0.05) is 26.2 Å². The van der Waals surface area contributed by atoms with Crippen LogP contribution in [-0.4, -0.2) is 70.1 Å². The molecule has 2 rings (SSSR count). The number of hydrogen-bond donors (Lipinski definition) is 1. The van der Waals surface area contributed by atoms with Gasteiger partial charge >= 0.3 is 0 Å². The fourth-order valence-corrected chi connectivity index (χ4v) is 3.06. The number of rotatable bonds is 6. The van der Waals surface area contributed by atoms with Crippen molar-refractivity contribution in [1.29, 1.82) is 0 Å². The van der Waals surface area contributed by atoms with Crippen LogP contribution in [0.2, 0.25) is 0 Å². The molecule has 0 spiro atoms. The predicted molar refractivity (Wildman–Crippen MR) is 86.6 cm³/mol. The normalized spacial score (nSPS) is 19.2. The van der Waals surface area contributed by atoms with Crippen LogP contribution in [0.15, 0.2) is 4.52 Å². The molecule has 0 aliphatic carbocycles. The summed E-state index contributed by atoms with van der Waals surface area (Å²) in [5.41, 5.74) is 5.97. The Morgan fingerprint density at radius 3 is 2.64 bits per heavy atom. The predicted octanol–water partition coefficient (Wildman–Crippen LogP) is 0.664. The zero-order chi connectivity index (χ0) is 16.1.